The molecule has 0 aliphatic carbocycles. The van der Waals surface area contributed by atoms with Gasteiger partial charge in [0.2, 0.25) is 0 Å². The van der Waals surface area contributed by atoms with E-state index in [9.17, 15) is 0 Å². The highest BCUT2D eigenvalue weighted by atomic mass is 15.1. The molecule has 0 radical (unpaired) electrons. The zero-order valence-electron chi connectivity index (χ0n) is 12.3. The van der Waals surface area contributed by atoms with Crippen molar-refractivity contribution in [1.82, 2.24) is 10.2 Å². The number of rotatable bonds is 11. The summed E-state index contributed by atoms with van der Waals surface area (Å²) in [4.78, 5) is 0. The minimum Gasteiger partial charge on any atom is -0.282 e. The fraction of sp³-hybridized carbons (Fsp3) is 0.812. The van der Waals surface area contributed by atoms with Gasteiger partial charge in [-0.25, -0.2) is 0 Å². The zero-order chi connectivity index (χ0) is 13.1. The molecule has 2 nitrogen and oxygen atoms in total. The number of hydrogen-bond donors (Lipinski definition) is 1. The standard InChI is InChI=1S/C16H30N2/c1-3-4-5-6-7-8-9-10-11-12-15(2)16-13-14-17-18-16/h13-15H,3-12H2,1-2H3,(H,17,18). The Labute approximate surface area is 113 Å². The maximum atomic E-state index is 4.01. The molecule has 1 heterocycles. The average Bonchev–Trinajstić information content (AvgIpc) is 2.90. The van der Waals surface area contributed by atoms with Gasteiger partial charge in [-0.1, -0.05) is 71.6 Å². The van der Waals surface area contributed by atoms with Gasteiger partial charge >= 0.3 is 0 Å². The third kappa shape index (κ3) is 6.83. The molecule has 2 heteroatoms. The highest BCUT2D eigenvalue weighted by molar-refractivity contribution is 5.03. The molecule has 0 aliphatic heterocycles. The minimum absolute atomic E-state index is 0.636. The number of nitrogens with zero attached hydrogens (tertiary/aromatic N) is 1. The van der Waals surface area contributed by atoms with Gasteiger partial charge in [-0.05, 0) is 18.4 Å². The topological polar surface area (TPSA) is 28.7 Å². The summed E-state index contributed by atoms with van der Waals surface area (Å²) in [6.07, 6.45) is 15.8. The van der Waals surface area contributed by atoms with E-state index in [-0.39, 0.29) is 0 Å². The Morgan fingerprint density at radius 2 is 1.61 bits per heavy atom. The summed E-state index contributed by atoms with van der Waals surface area (Å²) in [6, 6.07) is 2.10. The zero-order valence-corrected chi connectivity index (χ0v) is 12.3. The Balaban J connectivity index is 1.87. The molecule has 0 aliphatic rings. The number of hydrogen-bond acceptors (Lipinski definition) is 1. The van der Waals surface area contributed by atoms with Crippen molar-refractivity contribution in [3.8, 4) is 0 Å². The van der Waals surface area contributed by atoms with Crippen LogP contribution in [0.4, 0.5) is 0 Å². The second-order valence-electron chi connectivity index (χ2n) is 5.53. The van der Waals surface area contributed by atoms with Gasteiger partial charge in [-0.15, -0.1) is 0 Å². The van der Waals surface area contributed by atoms with Crippen LogP contribution in [0.3, 0.4) is 0 Å². The van der Waals surface area contributed by atoms with Crippen LogP contribution in [0.5, 0.6) is 0 Å². The molecule has 1 aromatic heterocycles. The van der Waals surface area contributed by atoms with Gasteiger partial charge in [0.1, 0.15) is 0 Å². The molecule has 0 amide bonds. The number of aromatic nitrogens is 2. The van der Waals surface area contributed by atoms with E-state index >= 15 is 0 Å². The van der Waals surface area contributed by atoms with Gasteiger partial charge < -0.3 is 0 Å². The molecule has 1 aromatic rings. The molecule has 0 saturated carbocycles. The maximum absolute atomic E-state index is 4.01. The van der Waals surface area contributed by atoms with Crippen molar-refractivity contribution in [1.29, 1.82) is 0 Å². The van der Waals surface area contributed by atoms with Crippen LogP contribution in [-0.4, -0.2) is 10.2 Å². The number of aromatic amines is 1. The van der Waals surface area contributed by atoms with Crippen LogP contribution in [0.2, 0.25) is 0 Å². The molecular formula is C16H30N2. The third-order valence-electron chi connectivity index (χ3n) is 3.79. The Bertz CT molecular complexity index is 267. The fourth-order valence-corrected chi connectivity index (χ4v) is 2.46. The van der Waals surface area contributed by atoms with Crippen molar-refractivity contribution >= 4 is 0 Å². The maximum Gasteiger partial charge on any atom is 0.0490 e. The fourth-order valence-electron chi connectivity index (χ4n) is 2.46. The summed E-state index contributed by atoms with van der Waals surface area (Å²) in [6.45, 7) is 4.57. The van der Waals surface area contributed by atoms with Gasteiger partial charge in [-0.3, -0.25) is 5.10 Å². The first-order valence-corrected chi connectivity index (χ1v) is 7.84. The monoisotopic (exact) mass is 250 g/mol. The van der Waals surface area contributed by atoms with Crippen LogP contribution in [0, 0.1) is 0 Å². The molecule has 0 fully saturated rings. The Morgan fingerprint density at radius 1 is 1.00 bits per heavy atom. The summed E-state index contributed by atoms with van der Waals surface area (Å²) in [5.74, 6) is 0.636. The van der Waals surface area contributed by atoms with Crippen molar-refractivity contribution in [3.63, 3.8) is 0 Å². The summed E-state index contributed by atoms with van der Waals surface area (Å²) in [7, 11) is 0. The van der Waals surface area contributed by atoms with Crippen molar-refractivity contribution in [2.45, 2.75) is 84.0 Å². The van der Waals surface area contributed by atoms with Crippen LogP contribution >= 0.6 is 0 Å². The van der Waals surface area contributed by atoms with Gasteiger partial charge in [-0.2, -0.15) is 5.10 Å². The van der Waals surface area contributed by atoms with E-state index in [1.165, 1.54) is 69.9 Å². The quantitative estimate of drug-likeness (QED) is 0.521. The largest absolute Gasteiger partial charge is 0.282 e. The van der Waals surface area contributed by atoms with Crippen molar-refractivity contribution < 1.29 is 0 Å². The van der Waals surface area contributed by atoms with E-state index in [2.05, 4.69) is 30.1 Å². The predicted octanol–water partition coefficient (Wildman–Crippen LogP) is 5.43. The normalized spacial score (nSPS) is 12.8. The molecule has 1 atom stereocenters. The number of unbranched alkanes of at least 4 members (excludes halogenated alkanes) is 8. The summed E-state index contributed by atoms with van der Waals surface area (Å²) in [5, 5.41) is 7.08. The lowest BCUT2D eigenvalue weighted by Crippen LogP contribution is -1.94. The molecule has 1 rings (SSSR count). The Morgan fingerprint density at radius 3 is 2.17 bits per heavy atom. The Kier molecular flexibility index (Phi) is 8.62. The number of nitrogens with one attached hydrogen (secondary N) is 1. The average molecular weight is 250 g/mol. The Hall–Kier alpha value is -0.790. The van der Waals surface area contributed by atoms with Crippen LogP contribution in [0.25, 0.3) is 0 Å². The van der Waals surface area contributed by atoms with Gasteiger partial charge in [0, 0.05) is 11.9 Å². The van der Waals surface area contributed by atoms with E-state index in [0.29, 0.717) is 5.92 Å². The molecule has 0 spiro atoms. The van der Waals surface area contributed by atoms with E-state index < -0.39 is 0 Å². The van der Waals surface area contributed by atoms with E-state index in [4.69, 9.17) is 0 Å². The molecule has 0 saturated heterocycles. The smallest absolute Gasteiger partial charge is 0.0490 e. The second-order valence-corrected chi connectivity index (χ2v) is 5.53. The molecule has 1 N–H and O–H groups in total. The van der Waals surface area contributed by atoms with E-state index in [0.717, 1.165) is 0 Å². The summed E-state index contributed by atoms with van der Waals surface area (Å²) >= 11 is 0. The van der Waals surface area contributed by atoms with Crippen LogP contribution in [-0.2, 0) is 0 Å². The molecular weight excluding hydrogens is 220 g/mol. The lowest BCUT2D eigenvalue weighted by Gasteiger charge is -2.08. The van der Waals surface area contributed by atoms with Crippen LogP contribution in [0.15, 0.2) is 12.3 Å². The highest BCUT2D eigenvalue weighted by Crippen LogP contribution is 2.20. The molecule has 0 bridgehead atoms. The first-order valence-electron chi connectivity index (χ1n) is 7.84. The third-order valence-corrected chi connectivity index (χ3v) is 3.79. The van der Waals surface area contributed by atoms with Crippen LogP contribution in [0.1, 0.15) is 89.7 Å². The second kappa shape index (κ2) is 10.2. The summed E-state index contributed by atoms with van der Waals surface area (Å²) < 4.78 is 0. The lowest BCUT2D eigenvalue weighted by atomic mass is 9.99. The minimum atomic E-state index is 0.636. The summed E-state index contributed by atoms with van der Waals surface area (Å²) in [5.41, 5.74) is 1.29. The lowest BCUT2D eigenvalue weighted by molar-refractivity contribution is 0.535. The highest BCUT2D eigenvalue weighted by Gasteiger charge is 2.05. The number of H-pyrrole nitrogens is 1. The van der Waals surface area contributed by atoms with Gasteiger partial charge in [0.15, 0.2) is 0 Å². The van der Waals surface area contributed by atoms with Crippen molar-refractivity contribution in [2.75, 3.05) is 0 Å². The van der Waals surface area contributed by atoms with Gasteiger partial charge in [0.05, 0.1) is 0 Å². The predicted molar refractivity (Wildman–Crippen MR) is 78.8 cm³/mol. The molecule has 0 aromatic carbocycles. The van der Waals surface area contributed by atoms with E-state index in [1.807, 2.05) is 6.20 Å². The first-order chi connectivity index (χ1) is 8.84. The molecule has 18 heavy (non-hydrogen) atoms. The van der Waals surface area contributed by atoms with E-state index in [1.54, 1.807) is 0 Å². The SMILES string of the molecule is CCCCCCCCCCCC(C)c1ccn[nH]1. The molecule has 1 unspecified atom stereocenters. The first kappa shape index (κ1) is 15.3. The molecule has 104 valence electrons. The van der Waals surface area contributed by atoms with Crippen LogP contribution < -0.4 is 0 Å². The van der Waals surface area contributed by atoms with Crippen molar-refractivity contribution in [2.24, 2.45) is 0 Å². The van der Waals surface area contributed by atoms with Gasteiger partial charge in [0.25, 0.3) is 0 Å². The van der Waals surface area contributed by atoms with Crippen molar-refractivity contribution in [3.05, 3.63) is 18.0 Å².